The SMILES string of the molecule is COc1ccc2c(C)c(CCC(=O)N[C@@H](C)C(=O)[O-])c(=O)oc2c1. The lowest BCUT2D eigenvalue weighted by Gasteiger charge is -2.14. The summed E-state index contributed by atoms with van der Waals surface area (Å²) < 4.78 is 10.4. The third-order valence-corrected chi connectivity index (χ3v) is 3.83. The van der Waals surface area contributed by atoms with Gasteiger partial charge in [0.25, 0.3) is 0 Å². The molecular weight excluding hydrogens is 314 g/mol. The third-order valence-electron chi connectivity index (χ3n) is 3.83. The van der Waals surface area contributed by atoms with Gasteiger partial charge >= 0.3 is 5.63 Å². The average molecular weight is 332 g/mol. The molecule has 0 fully saturated rings. The maximum absolute atomic E-state index is 12.2. The van der Waals surface area contributed by atoms with E-state index in [2.05, 4.69) is 5.32 Å². The number of amides is 1. The third kappa shape index (κ3) is 3.73. The smallest absolute Gasteiger partial charge is 0.339 e. The van der Waals surface area contributed by atoms with Crippen LogP contribution in [-0.2, 0) is 16.0 Å². The molecule has 0 radical (unpaired) electrons. The summed E-state index contributed by atoms with van der Waals surface area (Å²) in [5.74, 6) is -1.26. The van der Waals surface area contributed by atoms with E-state index >= 15 is 0 Å². The van der Waals surface area contributed by atoms with Gasteiger partial charge in [-0.15, -0.1) is 0 Å². The van der Waals surface area contributed by atoms with Crippen LogP contribution in [0.5, 0.6) is 5.75 Å². The lowest BCUT2D eigenvalue weighted by Crippen LogP contribution is -2.46. The Hall–Kier alpha value is -2.83. The standard InChI is InChI=1S/C17H19NO6/c1-9-12-5-4-11(23-3)8-14(12)24-17(22)13(9)6-7-15(19)18-10(2)16(20)21/h4-5,8,10H,6-7H2,1-3H3,(H,18,19)(H,20,21)/p-1/t10-/m0/s1. The molecule has 7 heteroatoms. The van der Waals surface area contributed by atoms with Crippen molar-refractivity contribution in [3.8, 4) is 5.75 Å². The van der Waals surface area contributed by atoms with Crippen LogP contribution in [0.3, 0.4) is 0 Å². The summed E-state index contributed by atoms with van der Waals surface area (Å²) >= 11 is 0. The molecule has 7 nitrogen and oxygen atoms in total. The van der Waals surface area contributed by atoms with Gasteiger partial charge in [0.2, 0.25) is 5.91 Å². The lowest BCUT2D eigenvalue weighted by molar-refractivity contribution is -0.307. The number of carboxylic acid groups (broad SMARTS) is 1. The average Bonchev–Trinajstić information content (AvgIpc) is 2.53. The molecule has 1 N–H and O–H groups in total. The number of hydrogen-bond acceptors (Lipinski definition) is 6. The first-order valence-corrected chi connectivity index (χ1v) is 7.44. The van der Waals surface area contributed by atoms with Crippen molar-refractivity contribution >= 4 is 22.8 Å². The highest BCUT2D eigenvalue weighted by Crippen LogP contribution is 2.24. The minimum atomic E-state index is -1.36. The van der Waals surface area contributed by atoms with Gasteiger partial charge in [-0.1, -0.05) is 0 Å². The van der Waals surface area contributed by atoms with Gasteiger partial charge in [-0.05, 0) is 38.0 Å². The molecule has 0 aliphatic rings. The van der Waals surface area contributed by atoms with Crippen LogP contribution in [0.15, 0.2) is 27.4 Å². The van der Waals surface area contributed by atoms with E-state index in [1.54, 1.807) is 25.1 Å². The fourth-order valence-corrected chi connectivity index (χ4v) is 2.40. The van der Waals surface area contributed by atoms with Gasteiger partial charge in [0.1, 0.15) is 11.3 Å². The highest BCUT2D eigenvalue weighted by atomic mass is 16.5. The zero-order valence-corrected chi connectivity index (χ0v) is 13.7. The van der Waals surface area contributed by atoms with Crippen molar-refractivity contribution in [1.82, 2.24) is 5.32 Å². The second kappa shape index (κ2) is 7.16. The van der Waals surface area contributed by atoms with Crippen LogP contribution >= 0.6 is 0 Å². The van der Waals surface area contributed by atoms with Crippen LogP contribution in [0.1, 0.15) is 24.5 Å². The molecule has 1 aromatic heterocycles. The molecule has 0 unspecified atom stereocenters. The first-order valence-electron chi connectivity index (χ1n) is 7.44. The number of rotatable bonds is 6. The van der Waals surface area contributed by atoms with E-state index in [4.69, 9.17) is 9.15 Å². The predicted octanol–water partition coefficient (Wildman–Crippen LogP) is 0.297. The van der Waals surface area contributed by atoms with E-state index in [9.17, 15) is 19.5 Å². The fourth-order valence-electron chi connectivity index (χ4n) is 2.40. The number of methoxy groups -OCH3 is 1. The molecule has 1 amide bonds. The van der Waals surface area contributed by atoms with Gasteiger partial charge in [0, 0.05) is 23.4 Å². The second-order valence-corrected chi connectivity index (χ2v) is 5.46. The number of carboxylic acids is 1. The number of fused-ring (bicyclic) bond motifs is 1. The Morgan fingerprint density at radius 1 is 1.38 bits per heavy atom. The summed E-state index contributed by atoms with van der Waals surface area (Å²) in [4.78, 5) is 34.5. The summed E-state index contributed by atoms with van der Waals surface area (Å²) in [6.07, 6.45) is 0.132. The summed E-state index contributed by atoms with van der Waals surface area (Å²) in [6, 6.07) is 4.09. The zero-order chi connectivity index (χ0) is 17.9. The number of nitrogens with one attached hydrogen (secondary N) is 1. The molecule has 2 aromatic rings. The van der Waals surface area contributed by atoms with Crippen LogP contribution in [-0.4, -0.2) is 25.0 Å². The fraction of sp³-hybridized carbons (Fsp3) is 0.353. The molecule has 128 valence electrons. The Labute approximate surface area is 138 Å². The van der Waals surface area contributed by atoms with Crippen LogP contribution in [0.2, 0.25) is 0 Å². The van der Waals surface area contributed by atoms with Gasteiger partial charge < -0.3 is 24.4 Å². The van der Waals surface area contributed by atoms with Crippen molar-refractivity contribution in [1.29, 1.82) is 0 Å². The Bertz CT molecular complexity index is 839. The van der Waals surface area contributed by atoms with Gasteiger partial charge in [-0.25, -0.2) is 4.79 Å². The van der Waals surface area contributed by atoms with E-state index in [0.717, 1.165) is 10.9 Å². The number of ether oxygens (including phenoxy) is 1. The summed E-state index contributed by atoms with van der Waals surface area (Å²) in [5.41, 5.74) is 1.01. The number of benzene rings is 1. The minimum absolute atomic E-state index is 0.0229. The Balaban J connectivity index is 2.22. The molecule has 1 heterocycles. The normalized spacial score (nSPS) is 12.0. The van der Waals surface area contributed by atoms with Crippen molar-refractivity contribution in [2.75, 3.05) is 7.11 Å². The van der Waals surface area contributed by atoms with E-state index in [-0.39, 0.29) is 12.8 Å². The number of aliphatic carboxylic acids is 1. The molecular formula is C17H18NO6-. The van der Waals surface area contributed by atoms with Crippen molar-refractivity contribution in [3.63, 3.8) is 0 Å². The molecule has 0 aliphatic heterocycles. The van der Waals surface area contributed by atoms with Gasteiger partial charge in [-0.3, -0.25) is 4.79 Å². The number of hydrogen-bond donors (Lipinski definition) is 1. The minimum Gasteiger partial charge on any atom is -0.548 e. The molecule has 0 spiro atoms. The summed E-state index contributed by atoms with van der Waals surface area (Å²) in [6.45, 7) is 3.10. The lowest BCUT2D eigenvalue weighted by atomic mass is 10.0. The highest BCUT2D eigenvalue weighted by molar-refractivity contribution is 5.84. The number of aryl methyl sites for hydroxylation is 1. The maximum Gasteiger partial charge on any atom is 0.339 e. The molecule has 0 saturated heterocycles. The molecule has 24 heavy (non-hydrogen) atoms. The van der Waals surface area contributed by atoms with Crippen LogP contribution in [0, 0.1) is 6.92 Å². The van der Waals surface area contributed by atoms with Gasteiger partial charge in [0.15, 0.2) is 0 Å². The molecule has 0 saturated carbocycles. The molecule has 0 bridgehead atoms. The Morgan fingerprint density at radius 2 is 2.08 bits per heavy atom. The quantitative estimate of drug-likeness (QED) is 0.762. The van der Waals surface area contributed by atoms with Crippen LogP contribution in [0.25, 0.3) is 11.0 Å². The van der Waals surface area contributed by atoms with E-state index in [0.29, 0.717) is 16.9 Å². The van der Waals surface area contributed by atoms with E-state index in [1.165, 1.54) is 14.0 Å². The molecule has 2 rings (SSSR count). The van der Waals surface area contributed by atoms with Crippen molar-refractivity contribution in [2.45, 2.75) is 32.7 Å². The van der Waals surface area contributed by atoms with E-state index in [1.807, 2.05) is 0 Å². The number of carbonyl (C=O) groups is 2. The monoisotopic (exact) mass is 332 g/mol. The van der Waals surface area contributed by atoms with Gasteiger partial charge in [-0.2, -0.15) is 0 Å². The molecule has 1 atom stereocenters. The summed E-state index contributed by atoms with van der Waals surface area (Å²) in [7, 11) is 1.52. The van der Waals surface area contributed by atoms with E-state index < -0.39 is 23.5 Å². The highest BCUT2D eigenvalue weighted by Gasteiger charge is 2.14. The number of carbonyl (C=O) groups excluding carboxylic acids is 2. The second-order valence-electron chi connectivity index (χ2n) is 5.46. The topological polar surface area (TPSA) is 109 Å². The molecule has 0 aliphatic carbocycles. The predicted molar refractivity (Wildman–Crippen MR) is 84.7 cm³/mol. The van der Waals surface area contributed by atoms with Crippen LogP contribution < -0.4 is 20.8 Å². The Morgan fingerprint density at radius 3 is 2.71 bits per heavy atom. The molecule has 1 aromatic carbocycles. The zero-order valence-electron chi connectivity index (χ0n) is 13.7. The van der Waals surface area contributed by atoms with Gasteiger partial charge in [0.05, 0.1) is 19.1 Å². The van der Waals surface area contributed by atoms with Crippen molar-refractivity contribution in [3.05, 3.63) is 39.7 Å². The first-order chi connectivity index (χ1) is 11.3. The van der Waals surface area contributed by atoms with Crippen LogP contribution in [0.4, 0.5) is 0 Å². The summed E-state index contributed by atoms with van der Waals surface area (Å²) in [5, 5.41) is 13.7. The first kappa shape index (κ1) is 17.5. The maximum atomic E-state index is 12.2. The Kier molecular flexibility index (Phi) is 5.23. The van der Waals surface area contributed by atoms with Crippen molar-refractivity contribution < 1.29 is 23.8 Å². The largest absolute Gasteiger partial charge is 0.548 e. The van der Waals surface area contributed by atoms with Crippen molar-refractivity contribution in [2.24, 2.45) is 0 Å².